The molecule has 0 atom stereocenters. The van der Waals surface area contributed by atoms with Crippen LogP contribution < -0.4 is 0 Å². The highest BCUT2D eigenvalue weighted by Crippen LogP contribution is 2.20. The van der Waals surface area contributed by atoms with Crippen LogP contribution in [0.2, 0.25) is 0 Å². The Labute approximate surface area is 109 Å². The number of hydrogen-bond acceptors (Lipinski definition) is 1. The molecule has 0 aliphatic rings. The lowest BCUT2D eigenvalue weighted by atomic mass is 9.99. The summed E-state index contributed by atoms with van der Waals surface area (Å²) in [6, 6.07) is 6.52. The van der Waals surface area contributed by atoms with Crippen molar-refractivity contribution in [3.8, 4) is 0 Å². The topological polar surface area (TPSA) is 20.2 Å². The number of aliphatic hydroxyl groups excluding tert-OH is 1. The maximum Gasteiger partial charge on any atom is 0.123 e. The molecule has 1 aromatic rings. The van der Waals surface area contributed by atoms with Crippen LogP contribution in [-0.4, -0.2) is 11.7 Å². The predicted octanol–water partition coefficient (Wildman–Crippen LogP) is 4.34. The molecule has 1 nitrogen and oxygen atoms in total. The van der Waals surface area contributed by atoms with E-state index >= 15 is 0 Å². The van der Waals surface area contributed by atoms with Crippen molar-refractivity contribution < 1.29 is 9.50 Å². The Balaban J connectivity index is 2.92. The van der Waals surface area contributed by atoms with Gasteiger partial charge in [0.1, 0.15) is 5.82 Å². The fraction of sp³-hybridized carbons (Fsp3) is 0.375. The second kappa shape index (κ2) is 7.12. The maximum atomic E-state index is 12.9. The zero-order valence-electron chi connectivity index (χ0n) is 11.3. The van der Waals surface area contributed by atoms with Gasteiger partial charge in [-0.1, -0.05) is 23.8 Å². The largest absolute Gasteiger partial charge is 0.396 e. The van der Waals surface area contributed by atoms with Crippen molar-refractivity contribution in [2.45, 2.75) is 33.6 Å². The van der Waals surface area contributed by atoms with E-state index in [4.69, 9.17) is 5.11 Å². The van der Waals surface area contributed by atoms with E-state index in [2.05, 4.69) is 19.9 Å². The van der Waals surface area contributed by atoms with Crippen molar-refractivity contribution in [1.82, 2.24) is 0 Å². The molecule has 2 heteroatoms. The zero-order valence-corrected chi connectivity index (χ0v) is 11.3. The Bertz CT molecular complexity index is 437. The first-order valence-corrected chi connectivity index (χ1v) is 6.26. The van der Waals surface area contributed by atoms with Crippen molar-refractivity contribution in [1.29, 1.82) is 0 Å². The Hall–Kier alpha value is -1.41. The van der Waals surface area contributed by atoms with E-state index in [-0.39, 0.29) is 12.4 Å². The van der Waals surface area contributed by atoms with Gasteiger partial charge in [-0.3, -0.25) is 0 Å². The molecule has 0 fully saturated rings. The van der Waals surface area contributed by atoms with Crippen molar-refractivity contribution in [3.63, 3.8) is 0 Å². The number of benzene rings is 1. The van der Waals surface area contributed by atoms with Crippen molar-refractivity contribution in [3.05, 3.63) is 52.9 Å². The predicted molar refractivity (Wildman–Crippen MR) is 74.7 cm³/mol. The van der Waals surface area contributed by atoms with Crippen molar-refractivity contribution >= 4 is 5.57 Å². The Morgan fingerprint density at radius 3 is 2.28 bits per heavy atom. The lowest BCUT2D eigenvalue weighted by Crippen LogP contribution is -1.90. The van der Waals surface area contributed by atoms with E-state index in [1.54, 1.807) is 12.1 Å². The monoisotopic (exact) mass is 248 g/mol. The van der Waals surface area contributed by atoms with Gasteiger partial charge >= 0.3 is 0 Å². The van der Waals surface area contributed by atoms with Crippen LogP contribution in [0, 0.1) is 5.82 Å². The van der Waals surface area contributed by atoms with Gasteiger partial charge in [-0.15, -0.1) is 0 Å². The van der Waals surface area contributed by atoms with E-state index in [9.17, 15) is 4.39 Å². The molecule has 0 amide bonds. The highest BCUT2D eigenvalue weighted by molar-refractivity contribution is 5.66. The average Bonchev–Trinajstić information content (AvgIpc) is 2.34. The number of aliphatic hydroxyl groups is 1. The second-order valence-electron chi connectivity index (χ2n) is 4.69. The van der Waals surface area contributed by atoms with Crippen LogP contribution in [0.15, 0.2) is 41.5 Å². The van der Waals surface area contributed by atoms with Gasteiger partial charge in [0.2, 0.25) is 0 Å². The summed E-state index contributed by atoms with van der Waals surface area (Å²) in [7, 11) is 0. The van der Waals surface area contributed by atoms with Gasteiger partial charge in [-0.25, -0.2) is 4.39 Å². The Morgan fingerprint density at radius 1 is 1.17 bits per heavy atom. The molecule has 0 saturated carbocycles. The first-order valence-electron chi connectivity index (χ1n) is 6.26. The van der Waals surface area contributed by atoms with Crippen molar-refractivity contribution in [2.24, 2.45) is 0 Å². The fourth-order valence-electron chi connectivity index (χ4n) is 1.79. The molecule has 0 radical (unpaired) electrons. The Kier molecular flexibility index (Phi) is 5.79. The lowest BCUT2D eigenvalue weighted by molar-refractivity contribution is 0.289. The van der Waals surface area contributed by atoms with Crippen LogP contribution in [0.5, 0.6) is 0 Å². The van der Waals surface area contributed by atoms with Crippen LogP contribution >= 0.6 is 0 Å². The normalized spacial score (nSPS) is 11.5. The molecule has 98 valence electrons. The summed E-state index contributed by atoms with van der Waals surface area (Å²) in [4.78, 5) is 0. The molecular weight excluding hydrogens is 227 g/mol. The second-order valence-corrected chi connectivity index (χ2v) is 4.69. The molecule has 0 aromatic heterocycles. The summed E-state index contributed by atoms with van der Waals surface area (Å²) in [5, 5.41) is 8.89. The molecule has 0 aliphatic carbocycles. The van der Waals surface area contributed by atoms with Gasteiger partial charge in [0.25, 0.3) is 0 Å². The van der Waals surface area contributed by atoms with E-state index in [0.717, 1.165) is 24.0 Å². The SMILES string of the molecule is CC(C)=C(/C=C(\C)c1ccc(F)cc1)CCCO. The van der Waals surface area contributed by atoms with Crippen LogP contribution in [0.3, 0.4) is 0 Å². The molecule has 0 spiro atoms. The van der Waals surface area contributed by atoms with Gasteiger partial charge in [0, 0.05) is 6.61 Å². The summed E-state index contributed by atoms with van der Waals surface area (Å²) in [5.41, 5.74) is 4.64. The summed E-state index contributed by atoms with van der Waals surface area (Å²) in [6.45, 7) is 6.37. The number of hydrogen-bond donors (Lipinski definition) is 1. The lowest BCUT2D eigenvalue weighted by Gasteiger charge is -2.07. The van der Waals surface area contributed by atoms with Crippen LogP contribution in [0.1, 0.15) is 39.2 Å². The van der Waals surface area contributed by atoms with Gasteiger partial charge in [-0.05, 0) is 62.5 Å². The molecule has 0 bridgehead atoms. The standard InChI is InChI=1S/C16H21FO/c1-12(2)15(5-4-10-18)11-13(3)14-6-8-16(17)9-7-14/h6-9,11,18H,4-5,10H2,1-3H3/b13-11+. The van der Waals surface area contributed by atoms with Gasteiger partial charge in [0.15, 0.2) is 0 Å². The fourth-order valence-corrected chi connectivity index (χ4v) is 1.79. The minimum absolute atomic E-state index is 0.209. The summed E-state index contributed by atoms with van der Waals surface area (Å²) in [6.07, 6.45) is 3.77. The quantitative estimate of drug-likeness (QED) is 0.769. The van der Waals surface area contributed by atoms with Crippen molar-refractivity contribution in [2.75, 3.05) is 6.61 Å². The zero-order chi connectivity index (χ0) is 13.5. The van der Waals surface area contributed by atoms with E-state index in [0.29, 0.717) is 0 Å². The molecule has 1 rings (SSSR count). The number of rotatable bonds is 5. The minimum Gasteiger partial charge on any atom is -0.396 e. The van der Waals surface area contributed by atoms with Gasteiger partial charge < -0.3 is 5.11 Å². The van der Waals surface area contributed by atoms with Gasteiger partial charge in [-0.2, -0.15) is 0 Å². The molecule has 0 saturated heterocycles. The Morgan fingerprint density at radius 2 is 1.78 bits per heavy atom. The molecule has 18 heavy (non-hydrogen) atoms. The maximum absolute atomic E-state index is 12.9. The van der Waals surface area contributed by atoms with Crippen LogP contribution in [0.4, 0.5) is 4.39 Å². The third kappa shape index (κ3) is 4.46. The van der Waals surface area contributed by atoms with Gasteiger partial charge in [0.05, 0.1) is 0 Å². The minimum atomic E-state index is -0.214. The van der Waals surface area contributed by atoms with E-state index in [1.165, 1.54) is 23.3 Å². The number of allylic oxidation sites excluding steroid dienone is 4. The van der Waals surface area contributed by atoms with E-state index < -0.39 is 0 Å². The molecule has 0 aliphatic heterocycles. The van der Waals surface area contributed by atoms with Crippen LogP contribution in [0.25, 0.3) is 5.57 Å². The molecular formula is C16H21FO. The highest BCUT2D eigenvalue weighted by Gasteiger charge is 2.01. The number of halogens is 1. The van der Waals surface area contributed by atoms with Crippen LogP contribution in [-0.2, 0) is 0 Å². The van der Waals surface area contributed by atoms with E-state index in [1.807, 2.05) is 6.92 Å². The smallest absolute Gasteiger partial charge is 0.123 e. The first kappa shape index (κ1) is 14.7. The molecule has 1 aromatic carbocycles. The first-order chi connectivity index (χ1) is 8.54. The molecule has 1 N–H and O–H groups in total. The molecule has 0 heterocycles. The summed E-state index contributed by atoms with van der Waals surface area (Å²) in [5.74, 6) is -0.214. The third-order valence-corrected chi connectivity index (χ3v) is 2.94. The summed E-state index contributed by atoms with van der Waals surface area (Å²) < 4.78 is 12.9. The average molecular weight is 248 g/mol. The third-order valence-electron chi connectivity index (χ3n) is 2.94. The highest BCUT2D eigenvalue weighted by atomic mass is 19.1. The molecule has 0 unspecified atom stereocenters. The summed E-state index contributed by atoms with van der Waals surface area (Å²) >= 11 is 0.